The Morgan fingerprint density at radius 1 is 1.11 bits per heavy atom. The van der Waals surface area contributed by atoms with Crippen LogP contribution in [0.25, 0.3) is 11.0 Å². The van der Waals surface area contributed by atoms with Crippen LogP contribution < -0.4 is 0 Å². The maximum Gasteiger partial charge on any atom is 0.253 e. The van der Waals surface area contributed by atoms with Gasteiger partial charge in [-0.3, -0.25) is 9.59 Å². The highest BCUT2D eigenvalue weighted by atomic mass is 16.3. The number of Topliss-reactive ketones (excluding diaryl/α,β-unsaturated/α-hetero) is 1. The zero-order valence-corrected chi connectivity index (χ0v) is 15.6. The van der Waals surface area contributed by atoms with Gasteiger partial charge in [0.25, 0.3) is 5.91 Å². The van der Waals surface area contributed by atoms with Gasteiger partial charge >= 0.3 is 0 Å². The Labute approximate surface area is 163 Å². The molecule has 0 bridgehead atoms. The van der Waals surface area contributed by atoms with Gasteiger partial charge in [-0.25, -0.2) is 4.98 Å². The first kappa shape index (κ1) is 18.4. The van der Waals surface area contributed by atoms with E-state index in [-0.39, 0.29) is 24.2 Å². The highest BCUT2D eigenvalue weighted by Crippen LogP contribution is 2.23. The number of nitrogens with zero attached hydrogens (tertiary/aromatic N) is 3. The zero-order valence-electron chi connectivity index (χ0n) is 15.6. The molecule has 6 nitrogen and oxygen atoms in total. The number of carbonyl (C=O) groups is 2. The van der Waals surface area contributed by atoms with Crippen LogP contribution in [0.5, 0.6) is 0 Å². The molecule has 0 unspecified atom stereocenters. The van der Waals surface area contributed by atoms with Gasteiger partial charge in [0.1, 0.15) is 0 Å². The number of aliphatic hydroxyl groups excluding tert-OH is 1. The molecule has 1 aromatic heterocycles. The number of carbonyl (C=O) groups excluding carboxylic acids is 2. The summed E-state index contributed by atoms with van der Waals surface area (Å²) in [6.45, 7) is 1.62. The van der Waals surface area contributed by atoms with Crippen molar-refractivity contribution >= 4 is 22.7 Å². The lowest BCUT2D eigenvalue weighted by atomic mass is 9.89. The molecular formula is C22H23N3O3. The Morgan fingerprint density at radius 3 is 2.71 bits per heavy atom. The third-order valence-electron chi connectivity index (χ3n) is 5.35. The second kappa shape index (κ2) is 7.94. The van der Waals surface area contributed by atoms with Crippen molar-refractivity contribution in [3.8, 4) is 0 Å². The van der Waals surface area contributed by atoms with Crippen LogP contribution in [0, 0.1) is 5.92 Å². The second-order valence-corrected chi connectivity index (χ2v) is 7.19. The van der Waals surface area contributed by atoms with E-state index in [4.69, 9.17) is 5.11 Å². The van der Waals surface area contributed by atoms with Crippen molar-refractivity contribution in [1.29, 1.82) is 0 Å². The van der Waals surface area contributed by atoms with Crippen molar-refractivity contribution in [3.05, 3.63) is 66.0 Å². The molecule has 0 aliphatic carbocycles. The summed E-state index contributed by atoms with van der Waals surface area (Å²) in [5.74, 6) is -0.118. The van der Waals surface area contributed by atoms with E-state index in [1.165, 1.54) is 0 Å². The largest absolute Gasteiger partial charge is 0.395 e. The molecule has 6 heteroatoms. The Hall–Kier alpha value is -2.99. The van der Waals surface area contributed by atoms with Crippen LogP contribution in [-0.2, 0) is 6.54 Å². The van der Waals surface area contributed by atoms with E-state index in [2.05, 4.69) is 4.98 Å². The fourth-order valence-electron chi connectivity index (χ4n) is 3.88. The molecule has 3 aromatic rings. The highest BCUT2D eigenvalue weighted by molar-refractivity contribution is 6.00. The minimum Gasteiger partial charge on any atom is -0.395 e. The second-order valence-electron chi connectivity index (χ2n) is 7.19. The van der Waals surface area contributed by atoms with Crippen LogP contribution in [0.3, 0.4) is 0 Å². The Bertz CT molecular complexity index is 997. The SMILES string of the molecule is O=C(c1ccccc1)[C@@H]1CCCN(C(=O)c2ccc3c(c2)ncn3CCO)C1. The first-order valence-corrected chi connectivity index (χ1v) is 9.61. The van der Waals surface area contributed by atoms with Gasteiger partial charge in [0.2, 0.25) is 0 Å². The molecule has 0 spiro atoms. The fraction of sp³-hybridized carbons (Fsp3) is 0.318. The number of ketones is 1. The quantitative estimate of drug-likeness (QED) is 0.694. The van der Waals surface area contributed by atoms with Crippen LogP contribution in [0.2, 0.25) is 0 Å². The van der Waals surface area contributed by atoms with Crippen LogP contribution >= 0.6 is 0 Å². The predicted octanol–water partition coefficient (Wildman–Crippen LogP) is 2.76. The molecule has 1 amide bonds. The standard InChI is InChI=1S/C22H23N3O3/c26-12-11-25-15-23-19-13-17(8-9-20(19)25)22(28)24-10-4-7-18(14-24)21(27)16-5-2-1-3-6-16/h1-3,5-6,8-9,13,15,18,26H,4,7,10-12,14H2/t18-/m1/s1. The average molecular weight is 377 g/mol. The smallest absolute Gasteiger partial charge is 0.253 e. The molecule has 4 rings (SSSR count). The first-order chi connectivity index (χ1) is 13.7. The predicted molar refractivity (Wildman–Crippen MR) is 106 cm³/mol. The molecule has 1 aliphatic heterocycles. The number of hydrogen-bond donors (Lipinski definition) is 1. The molecule has 0 saturated carbocycles. The first-order valence-electron chi connectivity index (χ1n) is 9.61. The number of rotatable bonds is 5. The molecule has 28 heavy (non-hydrogen) atoms. The number of amides is 1. The summed E-state index contributed by atoms with van der Waals surface area (Å²) in [7, 11) is 0. The van der Waals surface area contributed by atoms with Gasteiger partial charge in [0.05, 0.1) is 24.0 Å². The van der Waals surface area contributed by atoms with E-state index in [0.29, 0.717) is 30.8 Å². The number of aliphatic hydroxyl groups is 1. The van der Waals surface area contributed by atoms with Gasteiger partial charge < -0.3 is 14.6 Å². The third-order valence-corrected chi connectivity index (χ3v) is 5.35. The third kappa shape index (κ3) is 3.55. The minimum absolute atomic E-state index is 0.0384. The van der Waals surface area contributed by atoms with Gasteiger partial charge in [-0.05, 0) is 31.0 Å². The van der Waals surface area contributed by atoms with E-state index in [0.717, 1.165) is 23.9 Å². The molecule has 1 atom stereocenters. The summed E-state index contributed by atoms with van der Waals surface area (Å²) >= 11 is 0. The number of benzene rings is 2. The Balaban J connectivity index is 1.51. The van der Waals surface area contributed by atoms with Crippen LogP contribution in [0.1, 0.15) is 33.6 Å². The molecular weight excluding hydrogens is 354 g/mol. The lowest BCUT2D eigenvalue weighted by molar-refractivity contribution is 0.0637. The molecule has 1 saturated heterocycles. The normalized spacial score (nSPS) is 17.0. The number of fused-ring (bicyclic) bond motifs is 1. The molecule has 2 heterocycles. The lowest BCUT2D eigenvalue weighted by Gasteiger charge is -2.32. The van der Waals surface area contributed by atoms with Crippen molar-refractivity contribution in [1.82, 2.24) is 14.5 Å². The number of hydrogen-bond acceptors (Lipinski definition) is 4. The number of aromatic nitrogens is 2. The zero-order chi connectivity index (χ0) is 19.5. The van der Waals surface area contributed by atoms with Crippen LogP contribution in [0.4, 0.5) is 0 Å². The minimum atomic E-state index is -0.160. The van der Waals surface area contributed by atoms with Gasteiger partial charge in [-0.15, -0.1) is 0 Å². The number of piperidine rings is 1. The van der Waals surface area contributed by atoms with E-state index in [1.54, 1.807) is 23.4 Å². The van der Waals surface area contributed by atoms with E-state index in [9.17, 15) is 9.59 Å². The average Bonchev–Trinajstić information content (AvgIpc) is 3.16. The molecule has 1 aliphatic rings. The fourth-order valence-corrected chi connectivity index (χ4v) is 3.88. The van der Waals surface area contributed by atoms with E-state index < -0.39 is 0 Å². The lowest BCUT2D eigenvalue weighted by Crippen LogP contribution is -2.42. The number of likely N-dealkylation sites (tertiary alicyclic amines) is 1. The van der Waals surface area contributed by atoms with E-state index in [1.807, 2.05) is 41.0 Å². The summed E-state index contributed by atoms with van der Waals surface area (Å²) in [6.07, 6.45) is 3.30. The van der Waals surface area contributed by atoms with Crippen molar-refractivity contribution in [2.24, 2.45) is 5.92 Å². The number of imidazole rings is 1. The molecule has 2 aromatic carbocycles. The van der Waals surface area contributed by atoms with E-state index >= 15 is 0 Å². The summed E-state index contributed by atoms with van der Waals surface area (Å²) in [4.78, 5) is 31.9. The van der Waals surface area contributed by atoms with Crippen molar-refractivity contribution in [2.75, 3.05) is 19.7 Å². The Kier molecular flexibility index (Phi) is 5.21. The van der Waals surface area contributed by atoms with Gasteiger partial charge in [0.15, 0.2) is 5.78 Å². The Morgan fingerprint density at radius 2 is 1.93 bits per heavy atom. The molecule has 144 valence electrons. The van der Waals surface area contributed by atoms with Crippen molar-refractivity contribution in [3.63, 3.8) is 0 Å². The maximum absolute atomic E-state index is 13.0. The van der Waals surface area contributed by atoms with Gasteiger partial charge in [-0.1, -0.05) is 30.3 Å². The summed E-state index contributed by atoms with van der Waals surface area (Å²) in [5, 5.41) is 9.13. The molecule has 1 N–H and O–H groups in total. The molecule has 1 fully saturated rings. The summed E-state index contributed by atoms with van der Waals surface area (Å²) in [6, 6.07) is 14.7. The summed E-state index contributed by atoms with van der Waals surface area (Å²) < 4.78 is 1.86. The van der Waals surface area contributed by atoms with Crippen molar-refractivity contribution < 1.29 is 14.7 Å². The monoisotopic (exact) mass is 377 g/mol. The highest BCUT2D eigenvalue weighted by Gasteiger charge is 2.29. The van der Waals surface area contributed by atoms with Crippen LogP contribution in [-0.4, -0.2) is 50.9 Å². The summed E-state index contributed by atoms with van der Waals surface area (Å²) in [5.41, 5.74) is 2.90. The molecule has 0 radical (unpaired) electrons. The van der Waals surface area contributed by atoms with Crippen LogP contribution in [0.15, 0.2) is 54.9 Å². The maximum atomic E-state index is 13.0. The van der Waals surface area contributed by atoms with Gasteiger partial charge in [0, 0.05) is 36.7 Å². The topological polar surface area (TPSA) is 75.4 Å². The van der Waals surface area contributed by atoms with Crippen molar-refractivity contribution in [2.45, 2.75) is 19.4 Å². The van der Waals surface area contributed by atoms with Gasteiger partial charge in [-0.2, -0.15) is 0 Å².